The first-order chi connectivity index (χ1) is 11.6. The van der Waals surface area contributed by atoms with Crippen LogP contribution >= 0.6 is 0 Å². The minimum absolute atomic E-state index is 0.0486. The molecule has 2 amide bonds. The number of benzene rings is 1. The van der Waals surface area contributed by atoms with Gasteiger partial charge in [0.2, 0.25) is 0 Å². The van der Waals surface area contributed by atoms with Crippen molar-refractivity contribution in [3.8, 4) is 0 Å². The summed E-state index contributed by atoms with van der Waals surface area (Å²) in [6.07, 6.45) is 3.08. The third-order valence-corrected chi connectivity index (χ3v) is 5.73. The largest absolute Gasteiger partial charge is 0.392 e. The number of rotatable bonds is 4. The number of urea groups is 1. The number of carbonyl (C=O) groups excluding carboxylic acids is 1. The van der Waals surface area contributed by atoms with Gasteiger partial charge in [-0.15, -0.1) is 0 Å². The van der Waals surface area contributed by atoms with Crippen LogP contribution in [0.3, 0.4) is 0 Å². The van der Waals surface area contributed by atoms with Crippen molar-refractivity contribution in [1.29, 1.82) is 0 Å². The molecule has 1 aliphatic carbocycles. The summed E-state index contributed by atoms with van der Waals surface area (Å²) in [6.45, 7) is 6.09. The van der Waals surface area contributed by atoms with Gasteiger partial charge in [-0.05, 0) is 37.8 Å². The number of carbonyl (C=O) groups is 1. The zero-order valence-electron chi connectivity index (χ0n) is 14.6. The van der Waals surface area contributed by atoms with Crippen LogP contribution in [0.2, 0.25) is 0 Å². The predicted molar refractivity (Wildman–Crippen MR) is 94.1 cm³/mol. The summed E-state index contributed by atoms with van der Waals surface area (Å²) < 4.78 is 5.78. The van der Waals surface area contributed by atoms with Gasteiger partial charge < -0.3 is 20.1 Å². The maximum Gasteiger partial charge on any atom is 0.321 e. The van der Waals surface area contributed by atoms with Crippen LogP contribution < -0.4 is 5.32 Å². The van der Waals surface area contributed by atoms with Crippen molar-refractivity contribution in [2.24, 2.45) is 5.41 Å². The highest BCUT2D eigenvalue weighted by Crippen LogP contribution is 2.50. The lowest BCUT2D eigenvalue weighted by molar-refractivity contribution is -0.207. The highest BCUT2D eigenvalue weighted by Gasteiger charge is 2.56. The number of piperidine rings is 1. The van der Waals surface area contributed by atoms with E-state index in [1.807, 2.05) is 36.1 Å². The topological polar surface area (TPSA) is 61.8 Å². The predicted octanol–water partition coefficient (Wildman–Crippen LogP) is 3.03. The Hall–Kier alpha value is -1.59. The molecule has 0 radical (unpaired) electrons. The highest BCUT2D eigenvalue weighted by atomic mass is 16.5. The second kappa shape index (κ2) is 7.11. The monoisotopic (exact) mass is 332 g/mol. The summed E-state index contributed by atoms with van der Waals surface area (Å²) in [6, 6.07) is 7.87. The number of hydrogen-bond acceptors (Lipinski definition) is 3. The Balaban J connectivity index is 1.59. The molecule has 2 atom stereocenters. The van der Waals surface area contributed by atoms with Gasteiger partial charge >= 0.3 is 6.03 Å². The third-order valence-electron chi connectivity index (χ3n) is 5.73. The van der Waals surface area contributed by atoms with Gasteiger partial charge in [0.15, 0.2) is 0 Å². The Kier molecular flexibility index (Phi) is 5.11. The van der Waals surface area contributed by atoms with Crippen molar-refractivity contribution in [3.63, 3.8) is 0 Å². The Bertz CT molecular complexity index is 580. The van der Waals surface area contributed by atoms with Crippen LogP contribution in [0.25, 0.3) is 0 Å². The number of aliphatic hydroxyl groups is 1. The average Bonchev–Trinajstić information content (AvgIpc) is 2.62. The molecule has 1 aliphatic heterocycles. The van der Waals surface area contributed by atoms with Crippen molar-refractivity contribution in [2.75, 3.05) is 25.0 Å². The zero-order valence-corrected chi connectivity index (χ0v) is 14.6. The fraction of sp³-hybridized carbons (Fsp3) is 0.632. The lowest BCUT2D eigenvalue weighted by Crippen LogP contribution is -2.63. The number of anilines is 1. The van der Waals surface area contributed by atoms with Crippen LogP contribution in [-0.2, 0) is 11.2 Å². The third kappa shape index (κ3) is 3.03. The van der Waals surface area contributed by atoms with Gasteiger partial charge in [0.25, 0.3) is 0 Å². The molecule has 2 aliphatic rings. The molecule has 132 valence electrons. The number of aliphatic hydroxyl groups excluding tert-OH is 1. The number of nitrogens with zero attached hydrogens (tertiary/aromatic N) is 1. The second-order valence-electron chi connectivity index (χ2n) is 6.86. The molecule has 2 N–H and O–H groups in total. The number of hydrogen-bond donors (Lipinski definition) is 2. The molecule has 0 aromatic heterocycles. The molecule has 1 aromatic carbocycles. The molecule has 1 saturated heterocycles. The van der Waals surface area contributed by atoms with Crippen LogP contribution in [0, 0.1) is 5.41 Å². The molecular weight excluding hydrogens is 304 g/mol. The quantitative estimate of drug-likeness (QED) is 0.891. The fourth-order valence-corrected chi connectivity index (χ4v) is 4.09. The molecule has 1 heterocycles. The molecule has 0 bridgehead atoms. The standard InChI is InChI=1S/C19H28N2O3/c1-3-14-7-5-6-8-15(14)20-18(23)21-11-9-19(10-12-21)16(22)13-17(19)24-4-2/h5-8,16-17,22H,3-4,9-13H2,1-2H3,(H,20,23)/t16-,17+/m1/s1. The van der Waals surface area contributed by atoms with E-state index in [2.05, 4.69) is 12.2 Å². The molecule has 2 fully saturated rings. The first-order valence-electron chi connectivity index (χ1n) is 9.04. The van der Waals surface area contributed by atoms with Gasteiger partial charge in [-0.3, -0.25) is 0 Å². The minimum atomic E-state index is -0.292. The Morgan fingerprint density at radius 2 is 2.04 bits per heavy atom. The molecule has 1 spiro atoms. The maximum absolute atomic E-state index is 12.6. The molecular formula is C19H28N2O3. The van der Waals surface area contributed by atoms with Crippen LogP contribution in [0.4, 0.5) is 10.5 Å². The lowest BCUT2D eigenvalue weighted by atomic mass is 9.58. The summed E-state index contributed by atoms with van der Waals surface area (Å²) in [5, 5.41) is 13.3. The van der Waals surface area contributed by atoms with Gasteiger partial charge in [-0.1, -0.05) is 25.1 Å². The Morgan fingerprint density at radius 3 is 2.67 bits per heavy atom. The number of likely N-dealkylation sites (tertiary alicyclic amines) is 1. The molecule has 5 heteroatoms. The van der Waals surface area contributed by atoms with E-state index in [0.717, 1.165) is 36.9 Å². The average molecular weight is 332 g/mol. The second-order valence-corrected chi connectivity index (χ2v) is 6.86. The normalized spacial score (nSPS) is 25.4. The van der Waals surface area contributed by atoms with E-state index in [4.69, 9.17) is 4.74 Å². The number of aryl methyl sites for hydroxylation is 1. The molecule has 24 heavy (non-hydrogen) atoms. The smallest absolute Gasteiger partial charge is 0.321 e. The van der Waals surface area contributed by atoms with E-state index in [0.29, 0.717) is 19.7 Å². The molecule has 1 saturated carbocycles. The van der Waals surface area contributed by atoms with Crippen molar-refractivity contribution < 1.29 is 14.6 Å². The summed E-state index contributed by atoms with van der Waals surface area (Å²) >= 11 is 0. The summed E-state index contributed by atoms with van der Waals surface area (Å²) in [4.78, 5) is 14.4. The zero-order chi connectivity index (χ0) is 17.2. The van der Waals surface area contributed by atoms with E-state index in [1.165, 1.54) is 0 Å². The summed E-state index contributed by atoms with van der Waals surface area (Å²) in [5.41, 5.74) is 1.89. The maximum atomic E-state index is 12.6. The van der Waals surface area contributed by atoms with Crippen molar-refractivity contribution in [1.82, 2.24) is 4.90 Å². The van der Waals surface area contributed by atoms with Crippen LogP contribution in [0.1, 0.15) is 38.7 Å². The molecule has 0 unspecified atom stereocenters. The van der Waals surface area contributed by atoms with Crippen LogP contribution in [-0.4, -0.2) is 47.9 Å². The van der Waals surface area contributed by atoms with Crippen molar-refractivity contribution in [2.45, 2.75) is 51.7 Å². The van der Waals surface area contributed by atoms with E-state index < -0.39 is 0 Å². The molecule has 1 aromatic rings. The Labute approximate surface area is 144 Å². The highest BCUT2D eigenvalue weighted by molar-refractivity contribution is 5.90. The van der Waals surface area contributed by atoms with E-state index in [1.54, 1.807) is 0 Å². The van der Waals surface area contributed by atoms with Crippen molar-refractivity contribution >= 4 is 11.7 Å². The van der Waals surface area contributed by atoms with Crippen molar-refractivity contribution in [3.05, 3.63) is 29.8 Å². The number of ether oxygens (including phenoxy) is 1. The van der Waals surface area contributed by atoms with E-state index in [9.17, 15) is 9.90 Å². The van der Waals surface area contributed by atoms with Gasteiger partial charge in [0.1, 0.15) is 0 Å². The molecule has 3 rings (SSSR count). The number of amides is 2. The lowest BCUT2D eigenvalue weighted by Gasteiger charge is -2.56. The van der Waals surface area contributed by atoms with Crippen LogP contribution in [0.15, 0.2) is 24.3 Å². The number of para-hydroxylation sites is 1. The minimum Gasteiger partial charge on any atom is -0.392 e. The molecule has 5 nitrogen and oxygen atoms in total. The van der Waals surface area contributed by atoms with Crippen LogP contribution in [0.5, 0.6) is 0 Å². The van der Waals surface area contributed by atoms with Gasteiger partial charge in [0, 0.05) is 37.2 Å². The fourth-order valence-electron chi connectivity index (χ4n) is 4.09. The Morgan fingerprint density at radius 1 is 1.33 bits per heavy atom. The first-order valence-corrected chi connectivity index (χ1v) is 9.04. The van der Waals surface area contributed by atoms with E-state index in [-0.39, 0.29) is 23.7 Å². The summed E-state index contributed by atoms with van der Waals surface area (Å²) in [7, 11) is 0. The van der Waals surface area contributed by atoms with E-state index >= 15 is 0 Å². The number of nitrogens with one attached hydrogen (secondary N) is 1. The first kappa shape index (κ1) is 17.2. The van der Waals surface area contributed by atoms with Gasteiger partial charge in [-0.2, -0.15) is 0 Å². The summed E-state index contributed by atoms with van der Waals surface area (Å²) in [5.74, 6) is 0. The SMILES string of the molecule is CCO[C@H]1C[C@@H](O)C12CCN(C(=O)Nc1ccccc1CC)CC2. The van der Waals surface area contributed by atoms with Gasteiger partial charge in [0.05, 0.1) is 12.2 Å². The van der Waals surface area contributed by atoms with Gasteiger partial charge in [-0.25, -0.2) is 4.79 Å².